The van der Waals surface area contributed by atoms with Crippen LogP contribution in [-0.2, 0) is 10.0 Å². The average Bonchev–Trinajstić information content (AvgIpc) is 2.06. The monoisotopic (exact) mass is 324 g/mol. The summed E-state index contributed by atoms with van der Waals surface area (Å²) in [7, 11) is -3.93. The first-order valence-electron chi connectivity index (χ1n) is 4.81. The molecule has 0 spiro atoms. The van der Waals surface area contributed by atoms with E-state index < -0.39 is 26.3 Å². The molecule has 0 aliphatic heterocycles. The van der Waals surface area contributed by atoms with E-state index in [0.717, 1.165) is 6.07 Å². The van der Waals surface area contributed by atoms with E-state index in [2.05, 4.69) is 20.7 Å². The molecule has 0 saturated carbocycles. The number of benzene rings is 1. The molecule has 1 aromatic carbocycles. The molecule has 0 amide bonds. The summed E-state index contributed by atoms with van der Waals surface area (Å²) >= 11 is 2.92. The molecule has 0 atom stereocenters. The van der Waals surface area contributed by atoms with E-state index >= 15 is 0 Å². The van der Waals surface area contributed by atoms with Crippen molar-refractivity contribution in [3.05, 3.63) is 22.4 Å². The van der Waals surface area contributed by atoms with Crippen LogP contribution in [0.2, 0.25) is 0 Å². The number of halogens is 2. The molecule has 0 aliphatic carbocycles. The summed E-state index contributed by atoms with van der Waals surface area (Å²) in [5, 5.41) is 0. The predicted molar refractivity (Wildman–Crippen MR) is 68.6 cm³/mol. The fraction of sp³-hybridized carbons (Fsp3) is 0.400. The number of hydrogen-bond acceptors (Lipinski definition) is 3. The number of anilines is 1. The summed E-state index contributed by atoms with van der Waals surface area (Å²) in [4.78, 5) is -0.459. The van der Waals surface area contributed by atoms with Crippen LogP contribution in [0, 0.1) is 5.82 Å². The van der Waals surface area contributed by atoms with Crippen LogP contribution in [0.1, 0.15) is 20.8 Å². The lowest BCUT2D eigenvalue weighted by atomic mass is 10.1. The molecule has 0 heterocycles. The molecule has 4 nitrogen and oxygen atoms in total. The third-order valence-electron chi connectivity index (χ3n) is 1.75. The van der Waals surface area contributed by atoms with Gasteiger partial charge in [0.15, 0.2) is 5.82 Å². The molecule has 0 unspecified atom stereocenters. The van der Waals surface area contributed by atoms with E-state index in [1.54, 1.807) is 20.8 Å². The zero-order valence-corrected chi connectivity index (χ0v) is 12.1. The molecule has 0 aliphatic rings. The summed E-state index contributed by atoms with van der Waals surface area (Å²) in [5.41, 5.74) is 4.98. The molecular formula is C10H14BrFN2O2S. The average molecular weight is 325 g/mol. The quantitative estimate of drug-likeness (QED) is 0.819. The molecule has 0 aromatic heterocycles. The molecule has 0 radical (unpaired) electrons. The van der Waals surface area contributed by atoms with Crippen LogP contribution >= 0.6 is 15.9 Å². The highest BCUT2D eigenvalue weighted by molar-refractivity contribution is 9.10. The molecule has 1 aromatic rings. The number of sulfonamides is 1. The molecular weight excluding hydrogens is 311 g/mol. The maximum absolute atomic E-state index is 13.7. The van der Waals surface area contributed by atoms with E-state index in [0.29, 0.717) is 0 Å². The van der Waals surface area contributed by atoms with Gasteiger partial charge in [-0.3, -0.25) is 0 Å². The van der Waals surface area contributed by atoms with Gasteiger partial charge in [0.2, 0.25) is 10.0 Å². The van der Waals surface area contributed by atoms with Crippen LogP contribution in [0.15, 0.2) is 21.5 Å². The van der Waals surface area contributed by atoms with Gasteiger partial charge in [0, 0.05) is 11.2 Å². The Morgan fingerprint density at radius 2 is 1.88 bits per heavy atom. The van der Waals surface area contributed by atoms with Gasteiger partial charge in [-0.1, -0.05) is 0 Å². The van der Waals surface area contributed by atoms with Gasteiger partial charge in [-0.25, -0.2) is 17.5 Å². The highest BCUT2D eigenvalue weighted by atomic mass is 79.9. The Labute approximate surface area is 109 Å². The second-order valence-electron chi connectivity index (χ2n) is 4.67. The van der Waals surface area contributed by atoms with Crippen molar-refractivity contribution in [2.24, 2.45) is 0 Å². The van der Waals surface area contributed by atoms with Crippen molar-refractivity contribution in [3.63, 3.8) is 0 Å². The van der Waals surface area contributed by atoms with E-state index in [-0.39, 0.29) is 10.2 Å². The van der Waals surface area contributed by atoms with Gasteiger partial charge in [-0.05, 0) is 48.8 Å². The van der Waals surface area contributed by atoms with Gasteiger partial charge < -0.3 is 5.73 Å². The van der Waals surface area contributed by atoms with Crippen molar-refractivity contribution in [2.75, 3.05) is 5.73 Å². The predicted octanol–water partition coefficient (Wildman–Crippen LogP) is 2.25. The third kappa shape index (κ3) is 3.65. The van der Waals surface area contributed by atoms with Crippen LogP contribution in [0.25, 0.3) is 0 Å². The third-order valence-corrected chi connectivity index (χ3v) is 4.08. The first kappa shape index (κ1) is 14.4. The lowest BCUT2D eigenvalue weighted by Crippen LogP contribution is -2.40. The number of nitrogens with two attached hydrogens (primary N) is 1. The van der Waals surface area contributed by atoms with Crippen molar-refractivity contribution >= 4 is 31.6 Å². The molecule has 3 N–H and O–H groups in total. The standard InChI is InChI=1S/C10H14BrFN2O2S/c1-10(2,3)14-17(15,16)8-5-6(13)4-7(11)9(8)12/h4-5,14H,13H2,1-3H3. The SMILES string of the molecule is CC(C)(C)NS(=O)(=O)c1cc(N)cc(Br)c1F. The minimum absolute atomic E-state index is 0.0202. The Balaban J connectivity index is 3.34. The largest absolute Gasteiger partial charge is 0.399 e. The maximum atomic E-state index is 13.7. The van der Waals surface area contributed by atoms with Gasteiger partial charge in [0.1, 0.15) is 4.90 Å². The zero-order chi connectivity index (χ0) is 13.4. The summed E-state index contributed by atoms with van der Waals surface area (Å²) in [6, 6.07) is 2.40. The summed E-state index contributed by atoms with van der Waals surface area (Å²) in [5.74, 6) is -0.851. The van der Waals surface area contributed by atoms with Crippen LogP contribution in [0.5, 0.6) is 0 Å². The Hall–Kier alpha value is -0.660. The van der Waals surface area contributed by atoms with Gasteiger partial charge >= 0.3 is 0 Å². The molecule has 96 valence electrons. The Morgan fingerprint density at radius 1 is 1.35 bits per heavy atom. The minimum Gasteiger partial charge on any atom is -0.399 e. The number of rotatable bonds is 2. The number of hydrogen-bond donors (Lipinski definition) is 2. The van der Waals surface area contributed by atoms with E-state index in [9.17, 15) is 12.8 Å². The smallest absolute Gasteiger partial charge is 0.244 e. The first-order chi connectivity index (χ1) is 7.53. The molecule has 1 rings (SSSR count). The fourth-order valence-electron chi connectivity index (χ4n) is 1.24. The number of nitrogens with one attached hydrogen (secondary N) is 1. The van der Waals surface area contributed by atoms with Gasteiger partial charge in [-0.2, -0.15) is 0 Å². The van der Waals surface area contributed by atoms with Crippen molar-refractivity contribution in [3.8, 4) is 0 Å². The molecule has 0 saturated heterocycles. The fourth-order valence-corrected chi connectivity index (χ4v) is 3.40. The second kappa shape index (κ2) is 4.55. The van der Waals surface area contributed by atoms with Crippen LogP contribution in [-0.4, -0.2) is 14.0 Å². The van der Waals surface area contributed by atoms with E-state index in [1.807, 2.05) is 0 Å². The Kier molecular flexibility index (Phi) is 3.85. The van der Waals surface area contributed by atoms with Gasteiger partial charge in [0.25, 0.3) is 0 Å². The first-order valence-corrected chi connectivity index (χ1v) is 7.09. The van der Waals surface area contributed by atoms with Crippen LogP contribution in [0.3, 0.4) is 0 Å². The summed E-state index contributed by atoms with van der Waals surface area (Å²) < 4.78 is 40.0. The highest BCUT2D eigenvalue weighted by Gasteiger charge is 2.26. The molecule has 7 heteroatoms. The molecule has 0 bridgehead atoms. The van der Waals surface area contributed by atoms with Gasteiger partial charge in [-0.15, -0.1) is 0 Å². The van der Waals surface area contributed by atoms with Crippen LogP contribution in [0.4, 0.5) is 10.1 Å². The van der Waals surface area contributed by atoms with Crippen molar-refractivity contribution in [1.82, 2.24) is 4.72 Å². The zero-order valence-electron chi connectivity index (χ0n) is 9.71. The van der Waals surface area contributed by atoms with Crippen molar-refractivity contribution in [2.45, 2.75) is 31.2 Å². The number of nitrogen functional groups attached to an aromatic ring is 1. The summed E-state index contributed by atoms with van der Waals surface area (Å²) in [6.07, 6.45) is 0. The second-order valence-corrected chi connectivity index (χ2v) is 7.18. The maximum Gasteiger partial charge on any atom is 0.244 e. The normalized spacial score (nSPS) is 12.8. The molecule has 0 fully saturated rings. The highest BCUT2D eigenvalue weighted by Crippen LogP contribution is 2.26. The summed E-state index contributed by atoms with van der Waals surface area (Å²) in [6.45, 7) is 5.01. The minimum atomic E-state index is -3.93. The Bertz CT molecular complexity index is 538. The lowest BCUT2D eigenvalue weighted by molar-refractivity contribution is 0.486. The lowest BCUT2D eigenvalue weighted by Gasteiger charge is -2.20. The van der Waals surface area contributed by atoms with Crippen molar-refractivity contribution in [1.29, 1.82) is 0 Å². The molecule has 17 heavy (non-hydrogen) atoms. The Morgan fingerprint density at radius 3 is 2.35 bits per heavy atom. The van der Waals surface area contributed by atoms with E-state index in [4.69, 9.17) is 5.73 Å². The van der Waals surface area contributed by atoms with Gasteiger partial charge in [0.05, 0.1) is 4.47 Å². The van der Waals surface area contributed by atoms with Crippen molar-refractivity contribution < 1.29 is 12.8 Å². The van der Waals surface area contributed by atoms with E-state index in [1.165, 1.54) is 6.07 Å². The van der Waals surface area contributed by atoms with Crippen LogP contribution < -0.4 is 10.5 Å². The topological polar surface area (TPSA) is 72.2 Å².